The van der Waals surface area contributed by atoms with Gasteiger partial charge < -0.3 is 14.5 Å². The van der Waals surface area contributed by atoms with Gasteiger partial charge in [0.25, 0.3) is 0 Å². The zero-order valence-corrected chi connectivity index (χ0v) is 16.7. The van der Waals surface area contributed by atoms with Gasteiger partial charge >= 0.3 is 0 Å². The largest absolute Gasteiger partial charge is 0.437 e. The molecule has 3 heterocycles. The molecule has 2 aromatic carbocycles. The maximum absolute atomic E-state index is 6.88. The molecule has 4 aromatic rings. The van der Waals surface area contributed by atoms with Crippen LogP contribution in [-0.2, 0) is 4.74 Å². The predicted octanol–water partition coefficient (Wildman–Crippen LogP) is 6.41. The van der Waals surface area contributed by atoms with Gasteiger partial charge in [-0.15, -0.1) is 0 Å². The zero-order valence-electron chi connectivity index (χ0n) is 15.9. The number of benzene rings is 2. The van der Waals surface area contributed by atoms with Crippen molar-refractivity contribution in [2.24, 2.45) is 0 Å². The van der Waals surface area contributed by atoms with Crippen molar-refractivity contribution in [3.63, 3.8) is 0 Å². The number of rotatable bonds is 5. The van der Waals surface area contributed by atoms with Crippen LogP contribution in [0.3, 0.4) is 0 Å². The van der Waals surface area contributed by atoms with E-state index in [1.807, 2.05) is 48.5 Å². The SMILES string of the molecule is Clc1c(NCC2CCCO2)cnc2oc(-c3ccccc3)c(-c3ccccc3)c12. The average molecular weight is 405 g/mol. The summed E-state index contributed by atoms with van der Waals surface area (Å²) < 4.78 is 11.9. The maximum Gasteiger partial charge on any atom is 0.228 e. The molecule has 0 radical (unpaired) electrons. The first-order valence-electron chi connectivity index (χ1n) is 9.88. The summed E-state index contributed by atoms with van der Waals surface area (Å²) in [5, 5.41) is 4.86. The molecule has 1 atom stereocenters. The molecule has 1 aliphatic rings. The van der Waals surface area contributed by atoms with Crippen molar-refractivity contribution in [2.75, 3.05) is 18.5 Å². The molecule has 0 bridgehead atoms. The van der Waals surface area contributed by atoms with E-state index in [2.05, 4.69) is 22.4 Å². The highest BCUT2D eigenvalue weighted by atomic mass is 35.5. The van der Waals surface area contributed by atoms with Gasteiger partial charge in [0.15, 0.2) is 0 Å². The lowest BCUT2D eigenvalue weighted by atomic mass is 9.99. The monoisotopic (exact) mass is 404 g/mol. The summed E-state index contributed by atoms with van der Waals surface area (Å²) in [6.45, 7) is 1.55. The molecule has 4 nitrogen and oxygen atoms in total. The molecule has 29 heavy (non-hydrogen) atoms. The molecule has 1 N–H and O–H groups in total. The Morgan fingerprint density at radius 3 is 2.41 bits per heavy atom. The first-order valence-corrected chi connectivity index (χ1v) is 10.3. The summed E-state index contributed by atoms with van der Waals surface area (Å²) in [6, 6.07) is 20.2. The number of halogens is 1. The van der Waals surface area contributed by atoms with E-state index >= 15 is 0 Å². The number of aromatic nitrogens is 1. The zero-order chi connectivity index (χ0) is 19.6. The smallest absolute Gasteiger partial charge is 0.228 e. The van der Waals surface area contributed by atoms with E-state index in [-0.39, 0.29) is 6.10 Å². The lowest BCUT2D eigenvalue weighted by Crippen LogP contribution is -2.18. The van der Waals surface area contributed by atoms with Crippen LogP contribution >= 0.6 is 11.6 Å². The van der Waals surface area contributed by atoms with E-state index in [4.69, 9.17) is 20.8 Å². The highest BCUT2D eigenvalue weighted by Gasteiger charge is 2.23. The van der Waals surface area contributed by atoms with Gasteiger partial charge in [0.2, 0.25) is 5.71 Å². The summed E-state index contributed by atoms with van der Waals surface area (Å²) in [5.41, 5.74) is 4.34. The van der Waals surface area contributed by atoms with Crippen LogP contribution in [0.25, 0.3) is 33.6 Å². The van der Waals surface area contributed by atoms with Gasteiger partial charge in [0, 0.05) is 24.3 Å². The molecule has 1 fully saturated rings. The Kier molecular flexibility index (Phi) is 4.96. The van der Waals surface area contributed by atoms with E-state index in [1.54, 1.807) is 6.20 Å². The first-order chi connectivity index (χ1) is 14.3. The van der Waals surface area contributed by atoms with Gasteiger partial charge in [-0.2, -0.15) is 0 Å². The third-order valence-corrected chi connectivity index (χ3v) is 5.69. The van der Waals surface area contributed by atoms with Crippen molar-refractivity contribution >= 4 is 28.4 Å². The second-order valence-electron chi connectivity index (χ2n) is 7.22. The van der Waals surface area contributed by atoms with Crippen LogP contribution in [0.15, 0.2) is 71.3 Å². The number of hydrogen-bond acceptors (Lipinski definition) is 4. The van der Waals surface area contributed by atoms with Crippen molar-refractivity contribution in [3.8, 4) is 22.5 Å². The van der Waals surface area contributed by atoms with Crippen LogP contribution in [0.2, 0.25) is 5.02 Å². The highest BCUT2D eigenvalue weighted by Crippen LogP contribution is 2.44. The van der Waals surface area contributed by atoms with Gasteiger partial charge in [-0.05, 0) is 18.4 Å². The van der Waals surface area contributed by atoms with Crippen LogP contribution in [0.4, 0.5) is 5.69 Å². The molecule has 0 saturated carbocycles. The summed E-state index contributed by atoms with van der Waals surface area (Å²) in [6.07, 6.45) is 4.14. The number of fused-ring (bicyclic) bond motifs is 1. The Morgan fingerprint density at radius 1 is 1.00 bits per heavy atom. The number of pyridine rings is 1. The topological polar surface area (TPSA) is 47.3 Å². The van der Waals surface area contributed by atoms with Gasteiger partial charge in [-0.25, -0.2) is 4.98 Å². The lowest BCUT2D eigenvalue weighted by molar-refractivity contribution is 0.120. The Labute approximate surface area is 174 Å². The molecule has 0 aliphatic carbocycles. The Hall–Kier alpha value is -2.82. The fraction of sp³-hybridized carbons (Fsp3) is 0.208. The minimum Gasteiger partial charge on any atom is -0.437 e. The second kappa shape index (κ2) is 7.90. The number of nitrogens with zero attached hydrogens (tertiary/aromatic N) is 1. The maximum atomic E-state index is 6.88. The molecule has 1 aliphatic heterocycles. The van der Waals surface area contributed by atoms with E-state index in [0.29, 0.717) is 10.7 Å². The lowest BCUT2D eigenvalue weighted by Gasteiger charge is -2.13. The molecular formula is C24H21ClN2O2. The third-order valence-electron chi connectivity index (χ3n) is 5.30. The normalized spacial score (nSPS) is 16.4. The van der Waals surface area contributed by atoms with Gasteiger partial charge in [0.05, 0.1) is 28.4 Å². The summed E-state index contributed by atoms with van der Waals surface area (Å²) in [5.74, 6) is 0.775. The van der Waals surface area contributed by atoms with E-state index in [0.717, 1.165) is 59.5 Å². The minimum atomic E-state index is 0.222. The molecular weight excluding hydrogens is 384 g/mol. The van der Waals surface area contributed by atoms with E-state index < -0.39 is 0 Å². The van der Waals surface area contributed by atoms with Crippen molar-refractivity contribution in [3.05, 3.63) is 71.9 Å². The Morgan fingerprint density at radius 2 is 1.72 bits per heavy atom. The van der Waals surface area contributed by atoms with Gasteiger partial charge in [0.1, 0.15) is 5.76 Å². The van der Waals surface area contributed by atoms with Crippen molar-refractivity contribution in [2.45, 2.75) is 18.9 Å². The molecule has 2 aromatic heterocycles. The van der Waals surface area contributed by atoms with Crippen LogP contribution in [0.5, 0.6) is 0 Å². The number of furan rings is 1. The van der Waals surface area contributed by atoms with E-state index in [1.165, 1.54) is 0 Å². The number of hydrogen-bond donors (Lipinski definition) is 1. The molecule has 5 heteroatoms. The van der Waals surface area contributed by atoms with Gasteiger partial charge in [-0.3, -0.25) is 0 Å². The molecule has 0 amide bonds. The fourth-order valence-corrected chi connectivity index (χ4v) is 4.14. The van der Waals surface area contributed by atoms with Gasteiger partial charge in [-0.1, -0.05) is 72.3 Å². The molecule has 1 unspecified atom stereocenters. The molecule has 0 spiro atoms. The molecule has 5 rings (SSSR count). The average Bonchev–Trinajstić information content (AvgIpc) is 3.43. The number of nitrogens with one attached hydrogen (secondary N) is 1. The van der Waals surface area contributed by atoms with Crippen LogP contribution in [0, 0.1) is 0 Å². The second-order valence-corrected chi connectivity index (χ2v) is 7.60. The molecule has 1 saturated heterocycles. The number of ether oxygens (including phenoxy) is 1. The van der Waals surface area contributed by atoms with Crippen molar-refractivity contribution in [1.82, 2.24) is 4.98 Å². The van der Waals surface area contributed by atoms with Crippen molar-refractivity contribution in [1.29, 1.82) is 0 Å². The summed E-state index contributed by atoms with van der Waals surface area (Å²) in [4.78, 5) is 4.57. The first kappa shape index (κ1) is 18.2. The predicted molar refractivity (Wildman–Crippen MR) is 117 cm³/mol. The minimum absolute atomic E-state index is 0.222. The van der Waals surface area contributed by atoms with Crippen LogP contribution < -0.4 is 5.32 Å². The summed E-state index contributed by atoms with van der Waals surface area (Å²) >= 11 is 6.88. The Bertz CT molecular complexity index is 1120. The standard InChI is InChI=1S/C24H21ClN2O2/c25-22-19(26-14-18-12-7-13-28-18)15-27-24-21(22)20(16-8-3-1-4-9-16)23(29-24)17-10-5-2-6-11-17/h1-6,8-11,15,18,26H,7,12-14H2. The third kappa shape index (κ3) is 3.50. The fourth-order valence-electron chi connectivity index (χ4n) is 3.85. The van der Waals surface area contributed by atoms with Crippen LogP contribution in [0.1, 0.15) is 12.8 Å². The quantitative estimate of drug-likeness (QED) is 0.417. The highest BCUT2D eigenvalue weighted by molar-refractivity contribution is 6.39. The van der Waals surface area contributed by atoms with Crippen molar-refractivity contribution < 1.29 is 9.15 Å². The van der Waals surface area contributed by atoms with Crippen LogP contribution in [-0.4, -0.2) is 24.2 Å². The molecule has 146 valence electrons. The summed E-state index contributed by atoms with van der Waals surface area (Å²) in [7, 11) is 0. The Balaban J connectivity index is 1.65. The van der Waals surface area contributed by atoms with E-state index in [9.17, 15) is 0 Å². The number of anilines is 1.